The van der Waals surface area contributed by atoms with Crippen molar-refractivity contribution < 1.29 is 4.74 Å². The second-order valence-electron chi connectivity index (χ2n) is 5.14. The average Bonchev–Trinajstić information content (AvgIpc) is 2.35. The van der Waals surface area contributed by atoms with Crippen LogP contribution in [-0.4, -0.2) is 6.10 Å². The van der Waals surface area contributed by atoms with Crippen LogP contribution >= 0.6 is 0 Å². The maximum atomic E-state index is 5.89. The van der Waals surface area contributed by atoms with Crippen LogP contribution in [0.1, 0.15) is 64.5 Å². The lowest BCUT2D eigenvalue weighted by Gasteiger charge is -2.15. The summed E-state index contributed by atoms with van der Waals surface area (Å²) < 4.78 is 5.89. The molecule has 1 aromatic rings. The van der Waals surface area contributed by atoms with Gasteiger partial charge in [-0.15, -0.1) is 0 Å². The second-order valence-corrected chi connectivity index (χ2v) is 5.14. The number of unbranched alkanes of at least 4 members (excludes halogenated alkanes) is 3. The van der Waals surface area contributed by atoms with Crippen LogP contribution in [0.25, 0.3) is 0 Å². The molecule has 1 aromatic carbocycles. The number of hydrogen-bond donors (Lipinski definition) is 1. The minimum Gasteiger partial charge on any atom is -0.491 e. The zero-order valence-corrected chi connectivity index (χ0v) is 12.0. The molecule has 102 valence electrons. The van der Waals surface area contributed by atoms with Crippen molar-refractivity contribution in [2.45, 2.75) is 65.0 Å². The Hall–Kier alpha value is -1.02. The first-order chi connectivity index (χ1) is 8.63. The highest BCUT2D eigenvalue weighted by molar-refractivity contribution is 5.28. The summed E-state index contributed by atoms with van der Waals surface area (Å²) in [6.07, 6.45) is 6.61. The molecule has 0 aromatic heterocycles. The summed E-state index contributed by atoms with van der Waals surface area (Å²) in [6.45, 7) is 6.37. The number of benzene rings is 1. The minimum absolute atomic E-state index is 0.0884. The van der Waals surface area contributed by atoms with Gasteiger partial charge >= 0.3 is 0 Å². The van der Waals surface area contributed by atoms with E-state index in [-0.39, 0.29) is 6.04 Å². The number of rotatable bonds is 8. The molecule has 0 saturated carbocycles. The Labute approximate surface area is 112 Å². The largest absolute Gasteiger partial charge is 0.491 e. The normalized spacial score (nSPS) is 14.2. The van der Waals surface area contributed by atoms with E-state index in [9.17, 15) is 0 Å². The molecule has 0 aliphatic rings. The molecule has 0 aliphatic carbocycles. The van der Waals surface area contributed by atoms with Gasteiger partial charge in [-0.05, 0) is 44.4 Å². The van der Waals surface area contributed by atoms with Crippen molar-refractivity contribution in [3.8, 4) is 5.75 Å². The summed E-state index contributed by atoms with van der Waals surface area (Å²) in [4.78, 5) is 0. The SMILES string of the molecule is CCCCCCC(C)Oc1ccc([C@@H](C)N)cc1. The Morgan fingerprint density at radius 3 is 2.28 bits per heavy atom. The van der Waals surface area contributed by atoms with E-state index in [0.29, 0.717) is 6.10 Å². The summed E-state index contributed by atoms with van der Waals surface area (Å²) in [5.74, 6) is 0.947. The van der Waals surface area contributed by atoms with Crippen LogP contribution in [-0.2, 0) is 0 Å². The predicted molar refractivity (Wildman–Crippen MR) is 77.9 cm³/mol. The summed E-state index contributed by atoms with van der Waals surface area (Å²) in [7, 11) is 0. The van der Waals surface area contributed by atoms with Crippen LogP contribution in [0, 0.1) is 0 Å². The van der Waals surface area contributed by atoms with Crippen molar-refractivity contribution in [1.29, 1.82) is 0 Å². The molecule has 0 saturated heterocycles. The van der Waals surface area contributed by atoms with Crippen LogP contribution in [0.2, 0.25) is 0 Å². The van der Waals surface area contributed by atoms with Crippen LogP contribution < -0.4 is 10.5 Å². The van der Waals surface area contributed by atoms with E-state index in [2.05, 4.69) is 13.8 Å². The van der Waals surface area contributed by atoms with E-state index in [1.165, 1.54) is 25.7 Å². The highest BCUT2D eigenvalue weighted by Crippen LogP contribution is 2.18. The van der Waals surface area contributed by atoms with Crippen LogP contribution in [0.5, 0.6) is 5.75 Å². The van der Waals surface area contributed by atoms with Gasteiger partial charge in [0, 0.05) is 6.04 Å². The molecule has 0 bridgehead atoms. The average molecular weight is 249 g/mol. The Morgan fingerprint density at radius 1 is 1.06 bits per heavy atom. The molecule has 2 N–H and O–H groups in total. The van der Waals surface area contributed by atoms with Gasteiger partial charge in [0.1, 0.15) is 5.75 Å². The third-order valence-corrected chi connectivity index (χ3v) is 3.21. The molecular weight excluding hydrogens is 222 g/mol. The van der Waals surface area contributed by atoms with Crippen molar-refractivity contribution in [1.82, 2.24) is 0 Å². The first-order valence-corrected chi connectivity index (χ1v) is 7.15. The zero-order valence-electron chi connectivity index (χ0n) is 12.0. The van der Waals surface area contributed by atoms with Gasteiger partial charge in [-0.3, -0.25) is 0 Å². The molecule has 1 rings (SSSR count). The van der Waals surface area contributed by atoms with Gasteiger partial charge in [-0.1, -0.05) is 38.3 Å². The Morgan fingerprint density at radius 2 is 1.72 bits per heavy atom. The van der Waals surface area contributed by atoms with E-state index in [1.54, 1.807) is 0 Å². The monoisotopic (exact) mass is 249 g/mol. The van der Waals surface area contributed by atoms with E-state index >= 15 is 0 Å². The smallest absolute Gasteiger partial charge is 0.119 e. The van der Waals surface area contributed by atoms with Gasteiger partial charge < -0.3 is 10.5 Å². The molecule has 2 atom stereocenters. The van der Waals surface area contributed by atoms with Gasteiger partial charge in [-0.2, -0.15) is 0 Å². The third kappa shape index (κ3) is 5.54. The van der Waals surface area contributed by atoms with Gasteiger partial charge in [-0.25, -0.2) is 0 Å². The van der Waals surface area contributed by atoms with Gasteiger partial charge in [0.2, 0.25) is 0 Å². The first kappa shape index (κ1) is 15.0. The first-order valence-electron chi connectivity index (χ1n) is 7.15. The van der Waals surface area contributed by atoms with E-state index < -0.39 is 0 Å². The third-order valence-electron chi connectivity index (χ3n) is 3.21. The van der Waals surface area contributed by atoms with Crippen molar-refractivity contribution >= 4 is 0 Å². The van der Waals surface area contributed by atoms with Gasteiger partial charge in [0.05, 0.1) is 6.10 Å². The standard InChI is InChI=1S/C16H27NO/c1-4-5-6-7-8-13(2)18-16-11-9-15(10-12-16)14(3)17/h9-14H,4-8,17H2,1-3H3/t13?,14-/m1/s1. The fourth-order valence-electron chi connectivity index (χ4n) is 2.00. The maximum Gasteiger partial charge on any atom is 0.119 e. The van der Waals surface area contributed by atoms with Crippen molar-refractivity contribution in [2.24, 2.45) is 5.73 Å². The molecular formula is C16H27NO. The Balaban J connectivity index is 2.32. The van der Waals surface area contributed by atoms with Gasteiger partial charge in [0.25, 0.3) is 0 Å². The van der Waals surface area contributed by atoms with Gasteiger partial charge in [0.15, 0.2) is 0 Å². The van der Waals surface area contributed by atoms with Crippen LogP contribution in [0.4, 0.5) is 0 Å². The Bertz CT molecular complexity index is 318. The fraction of sp³-hybridized carbons (Fsp3) is 0.625. The zero-order chi connectivity index (χ0) is 13.4. The highest BCUT2D eigenvalue weighted by Gasteiger charge is 2.05. The quantitative estimate of drug-likeness (QED) is 0.691. The summed E-state index contributed by atoms with van der Waals surface area (Å²) >= 11 is 0. The molecule has 0 amide bonds. The Kier molecular flexibility index (Phi) is 6.81. The molecule has 0 radical (unpaired) electrons. The molecule has 0 fully saturated rings. The summed E-state index contributed by atoms with van der Waals surface area (Å²) in [5, 5.41) is 0. The lowest BCUT2D eigenvalue weighted by molar-refractivity contribution is 0.206. The van der Waals surface area contributed by atoms with E-state index in [0.717, 1.165) is 17.7 Å². The maximum absolute atomic E-state index is 5.89. The number of ether oxygens (including phenoxy) is 1. The summed E-state index contributed by atoms with van der Waals surface area (Å²) in [5.41, 5.74) is 6.97. The lowest BCUT2D eigenvalue weighted by Crippen LogP contribution is -2.11. The van der Waals surface area contributed by atoms with Crippen molar-refractivity contribution in [2.75, 3.05) is 0 Å². The molecule has 0 heterocycles. The molecule has 2 nitrogen and oxygen atoms in total. The highest BCUT2D eigenvalue weighted by atomic mass is 16.5. The fourth-order valence-corrected chi connectivity index (χ4v) is 2.00. The minimum atomic E-state index is 0.0884. The van der Waals surface area contributed by atoms with Crippen molar-refractivity contribution in [3.05, 3.63) is 29.8 Å². The topological polar surface area (TPSA) is 35.2 Å². The predicted octanol–water partition coefficient (Wildman–Crippen LogP) is 4.44. The molecule has 2 heteroatoms. The van der Waals surface area contributed by atoms with Crippen LogP contribution in [0.3, 0.4) is 0 Å². The number of hydrogen-bond acceptors (Lipinski definition) is 2. The lowest BCUT2D eigenvalue weighted by atomic mass is 10.1. The van der Waals surface area contributed by atoms with Crippen molar-refractivity contribution in [3.63, 3.8) is 0 Å². The summed E-state index contributed by atoms with van der Waals surface area (Å²) in [6, 6.07) is 8.21. The molecule has 0 spiro atoms. The van der Waals surface area contributed by atoms with E-state index in [1.807, 2.05) is 31.2 Å². The van der Waals surface area contributed by atoms with Crippen LogP contribution in [0.15, 0.2) is 24.3 Å². The molecule has 0 aliphatic heterocycles. The molecule has 1 unspecified atom stereocenters. The number of nitrogens with two attached hydrogens (primary N) is 1. The second kappa shape index (κ2) is 8.15. The molecule has 18 heavy (non-hydrogen) atoms. The van der Waals surface area contributed by atoms with E-state index in [4.69, 9.17) is 10.5 Å².